The summed E-state index contributed by atoms with van der Waals surface area (Å²) in [6.45, 7) is 0.738. The normalized spacial score (nSPS) is 10.5. The van der Waals surface area contributed by atoms with Crippen molar-refractivity contribution in [3.8, 4) is 11.5 Å². The maximum absolute atomic E-state index is 13.2. The average molecular weight is 390 g/mol. The third-order valence-corrected chi connectivity index (χ3v) is 4.22. The summed E-state index contributed by atoms with van der Waals surface area (Å²) in [6, 6.07) is 16.3. The van der Waals surface area contributed by atoms with Crippen LogP contribution in [0.15, 0.2) is 60.7 Å². The molecule has 0 fully saturated rings. The first-order valence-corrected chi connectivity index (χ1v) is 8.66. The number of benzene rings is 3. The van der Waals surface area contributed by atoms with E-state index in [4.69, 9.17) is 21.1 Å². The molecule has 27 heavy (non-hydrogen) atoms. The largest absolute Gasteiger partial charge is 0.493 e. The van der Waals surface area contributed by atoms with Gasteiger partial charge in [-0.15, -0.1) is 0 Å². The quantitative estimate of drug-likeness (QED) is 0.552. The van der Waals surface area contributed by atoms with Crippen LogP contribution < -0.4 is 14.8 Å². The zero-order valence-corrected chi connectivity index (χ0v) is 15.4. The molecule has 0 amide bonds. The van der Waals surface area contributed by atoms with Crippen molar-refractivity contribution in [2.45, 2.75) is 13.2 Å². The van der Waals surface area contributed by atoms with Gasteiger partial charge in [0.05, 0.1) is 12.1 Å². The van der Waals surface area contributed by atoms with Crippen LogP contribution in [0.5, 0.6) is 11.5 Å². The molecule has 0 saturated heterocycles. The van der Waals surface area contributed by atoms with E-state index < -0.39 is 5.82 Å². The lowest BCUT2D eigenvalue weighted by atomic mass is 10.2. The molecule has 0 unspecified atom stereocenters. The van der Waals surface area contributed by atoms with Crippen molar-refractivity contribution in [3.05, 3.63) is 88.4 Å². The number of anilines is 1. The summed E-state index contributed by atoms with van der Waals surface area (Å²) in [6.07, 6.45) is 0. The standard InChI is InChI=1S/C21H18ClF2NO2/c1-26-21-10-14(12-25-17-6-7-19(24)18(22)11-17)5-8-20(21)27-13-15-3-2-4-16(23)9-15/h2-11,25H,12-13H2,1H3. The number of halogens is 3. The average Bonchev–Trinajstić information content (AvgIpc) is 2.67. The number of nitrogens with one attached hydrogen (secondary N) is 1. The molecule has 0 heterocycles. The molecule has 0 aromatic heterocycles. The van der Waals surface area contributed by atoms with Crippen molar-refractivity contribution >= 4 is 17.3 Å². The molecule has 0 aliphatic heterocycles. The van der Waals surface area contributed by atoms with Gasteiger partial charge in [0.1, 0.15) is 18.2 Å². The van der Waals surface area contributed by atoms with Crippen molar-refractivity contribution in [2.24, 2.45) is 0 Å². The number of hydrogen-bond acceptors (Lipinski definition) is 3. The summed E-state index contributed by atoms with van der Waals surface area (Å²) in [7, 11) is 1.56. The Morgan fingerprint density at radius 1 is 0.926 bits per heavy atom. The lowest BCUT2D eigenvalue weighted by molar-refractivity contribution is 0.284. The first-order chi connectivity index (χ1) is 13.0. The van der Waals surface area contributed by atoms with E-state index in [0.29, 0.717) is 23.7 Å². The van der Waals surface area contributed by atoms with E-state index >= 15 is 0 Å². The molecular weight excluding hydrogens is 372 g/mol. The van der Waals surface area contributed by atoms with Gasteiger partial charge in [-0.2, -0.15) is 0 Å². The Morgan fingerprint density at radius 3 is 2.52 bits per heavy atom. The Kier molecular flexibility index (Phi) is 6.14. The van der Waals surface area contributed by atoms with Crippen LogP contribution in [-0.2, 0) is 13.2 Å². The Bertz CT molecular complexity index is 934. The van der Waals surface area contributed by atoms with E-state index in [1.807, 2.05) is 12.1 Å². The van der Waals surface area contributed by atoms with Crippen LogP contribution in [0.25, 0.3) is 0 Å². The van der Waals surface area contributed by atoms with E-state index in [0.717, 1.165) is 11.1 Å². The predicted molar refractivity (Wildman–Crippen MR) is 102 cm³/mol. The second-order valence-corrected chi connectivity index (χ2v) is 6.29. The van der Waals surface area contributed by atoms with Gasteiger partial charge in [-0.25, -0.2) is 8.78 Å². The third kappa shape index (κ3) is 5.11. The molecule has 0 atom stereocenters. The zero-order valence-electron chi connectivity index (χ0n) is 14.6. The van der Waals surface area contributed by atoms with Gasteiger partial charge in [0, 0.05) is 12.2 Å². The van der Waals surface area contributed by atoms with Crippen molar-refractivity contribution in [3.63, 3.8) is 0 Å². The van der Waals surface area contributed by atoms with E-state index in [9.17, 15) is 8.78 Å². The number of rotatable bonds is 7. The van der Waals surface area contributed by atoms with Gasteiger partial charge >= 0.3 is 0 Å². The maximum atomic E-state index is 13.2. The Hall–Kier alpha value is -2.79. The van der Waals surface area contributed by atoms with Crippen LogP contribution in [0.2, 0.25) is 5.02 Å². The van der Waals surface area contributed by atoms with E-state index in [2.05, 4.69) is 5.32 Å². The summed E-state index contributed by atoms with van der Waals surface area (Å²) in [5.74, 6) is 0.382. The topological polar surface area (TPSA) is 30.5 Å². The highest BCUT2D eigenvalue weighted by Crippen LogP contribution is 2.29. The summed E-state index contributed by atoms with van der Waals surface area (Å²) in [5.41, 5.74) is 2.40. The molecule has 0 aliphatic rings. The van der Waals surface area contributed by atoms with Gasteiger partial charge in [-0.05, 0) is 53.6 Å². The molecule has 0 spiro atoms. The Morgan fingerprint density at radius 2 is 1.78 bits per heavy atom. The van der Waals surface area contributed by atoms with Crippen molar-refractivity contribution in [1.29, 1.82) is 0 Å². The predicted octanol–water partition coefficient (Wildman–Crippen LogP) is 5.82. The smallest absolute Gasteiger partial charge is 0.161 e. The number of hydrogen-bond donors (Lipinski definition) is 1. The molecule has 3 aromatic rings. The highest BCUT2D eigenvalue weighted by Gasteiger charge is 2.07. The number of methoxy groups -OCH3 is 1. The van der Waals surface area contributed by atoms with Crippen molar-refractivity contribution < 1.29 is 18.3 Å². The first kappa shape index (κ1) is 19.0. The molecule has 140 valence electrons. The first-order valence-electron chi connectivity index (χ1n) is 8.28. The van der Waals surface area contributed by atoms with Crippen molar-refractivity contribution in [2.75, 3.05) is 12.4 Å². The molecule has 3 aromatic carbocycles. The van der Waals surface area contributed by atoms with Crippen LogP contribution in [0.3, 0.4) is 0 Å². The maximum Gasteiger partial charge on any atom is 0.161 e. The van der Waals surface area contributed by atoms with Crippen molar-refractivity contribution in [1.82, 2.24) is 0 Å². The van der Waals surface area contributed by atoms with E-state index in [-0.39, 0.29) is 17.4 Å². The lowest BCUT2D eigenvalue weighted by Gasteiger charge is -2.13. The summed E-state index contributed by atoms with van der Waals surface area (Å²) in [5, 5.41) is 3.24. The fraction of sp³-hybridized carbons (Fsp3) is 0.143. The van der Waals surface area contributed by atoms with Crippen LogP contribution in [0.1, 0.15) is 11.1 Å². The van der Waals surface area contributed by atoms with E-state index in [1.165, 1.54) is 24.3 Å². The van der Waals surface area contributed by atoms with Gasteiger partial charge in [-0.3, -0.25) is 0 Å². The molecule has 0 bridgehead atoms. The monoisotopic (exact) mass is 389 g/mol. The summed E-state index contributed by atoms with van der Waals surface area (Å²) >= 11 is 5.78. The summed E-state index contributed by atoms with van der Waals surface area (Å²) < 4.78 is 37.6. The minimum absolute atomic E-state index is 0.0682. The highest BCUT2D eigenvalue weighted by atomic mass is 35.5. The van der Waals surface area contributed by atoms with Crippen LogP contribution in [0.4, 0.5) is 14.5 Å². The second kappa shape index (κ2) is 8.73. The molecule has 6 heteroatoms. The zero-order chi connectivity index (χ0) is 19.2. The van der Waals surface area contributed by atoms with Gasteiger partial charge in [0.2, 0.25) is 0 Å². The minimum Gasteiger partial charge on any atom is -0.493 e. The Balaban J connectivity index is 1.65. The van der Waals surface area contributed by atoms with Gasteiger partial charge in [0.15, 0.2) is 11.5 Å². The highest BCUT2D eigenvalue weighted by molar-refractivity contribution is 6.31. The van der Waals surface area contributed by atoms with Gasteiger partial charge < -0.3 is 14.8 Å². The molecule has 0 saturated carbocycles. The fourth-order valence-electron chi connectivity index (χ4n) is 2.54. The number of ether oxygens (including phenoxy) is 2. The van der Waals surface area contributed by atoms with E-state index in [1.54, 1.807) is 31.4 Å². The molecular formula is C21H18ClF2NO2. The van der Waals surface area contributed by atoms with Gasteiger partial charge in [-0.1, -0.05) is 29.8 Å². The molecule has 3 rings (SSSR count). The minimum atomic E-state index is -0.455. The van der Waals surface area contributed by atoms with Crippen LogP contribution in [-0.4, -0.2) is 7.11 Å². The molecule has 1 N–H and O–H groups in total. The van der Waals surface area contributed by atoms with Gasteiger partial charge in [0.25, 0.3) is 0 Å². The molecule has 3 nitrogen and oxygen atoms in total. The van der Waals surface area contributed by atoms with Crippen LogP contribution >= 0.6 is 11.6 Å². The van der Waals surface area contributed by atoms with Crippen LogP contribution in [0, 0.1) is 11.6 Å². The molecule has 0 radical (unpaired) electrons. The Labute approximate surface area is 161 Å². The summed E-state index contributed by atoms with van der Waals surface area (Å²) in [4.78, 5) is 0. The third-order valence-electron chi connectivity index (χ3n) is 3.93. The SMILES string of the molecule is COc1cc(CNc2ccc(F)c(Cl)c2)ccc1OCc1cccc(F)c1. The second-order valence-electron chi connectivity index (χ2n) is 5.89. The lowest BCUT2D eigenvalue weighted by Crippen LogP contribution is -2.02. The molecule has 0 aliphatic carbocycles. The fourth-order valence-corrected chi connectivity index (χ4v) is 2.72.